The molecule has 1 N–H and O–H groups in total. The molecule has 1 saturated heterocycles. The third kappa shape index (κ3) is 4.32. The maximum Gasteiger partial charge on any atom is 0.237 e. The van der Waals surface area contributed by atoms with E-state index in [1.54, 1.807) is 11.8 Å². The average Bonchev–Trinajstić information content (AvgIpc) is 3.12. The lowest BCUT2D eigenvalue weighted by atomic mass is 10.2. The molecule has 1 aliphatic rings. The minimum Gasteiger partial charge on any atom is -0.372 e. The number of carbonyl (C=O) groups is 1. The lowest BCUT2D eigenvalue weighted by Gasteiger charge is -2.18. The van der Waals surface area contributed by atoms with E-state index >= 15 is 0 Å². The van der Waals surface area contributed by atoms with Gasteiger partial charge in [0, 0.05) is 29.4 Å². The van der Waals surface area contributed by atoms with Crippen LogP contribution in [0.5, 0.6) is 0 Å². The molecule has 1 heterocycles. The van der Waals surface area contributed by atoms with Gasteiger partial charge in [0.15, 0.2) is 0 Å². The Morgan fingerprint density at radius 2 is 1.67 bits per heavy atom. The van der Waals surface area contributed by atoms with Gasteiger partial charge in [-0.25, -0.2) is 0 Å². The fourth-order valence-electron chi connectivity index (χ4n) is 2.85. The minimum atomic E-state index is -0.133. The average molecular weight is 340 g/mol. The van der Waals surface area contributed by atoms with Gasteiger partial charge in [-0.3, -0.25) is 4.79 Å². The van der Waals surface area contributed by atoms with E-state index in [0.717, 1.165) is 23.7 Å². The van der Waals surface area contributed by atoms with E-state index in [1.807, 2.05) is 19.1 Å². The first kappa shape index (κ1) is 16.9. The molecule has 2 aromatic carbocycles. The molecule has 0 saturated carbocycles. The number of anilines is 2. The van der Waals surface area contributed by atoms with Crippen LogP contribution in [-0.2, 0) is 4.79 Å². The van der Waals surface area contributed by atoms with Crippen molar-refractivity contribution in [3.05, 3.63) is 54.1 Å². The zero-order valence-electron chi connectivity index (χ0n) is 14.3. The Morgan fingerprint density at radius 3 is 2.29 bits per heavy atom. The topological polar surface area (TPSA) is 32.3 Å². The molecule has 1 fully saturated rings. The molecule has 3 rings (SSSR count). The zero-order valence-corrected chi connectivity index (χ0v) is 15.1. The minimum absolute atomic E-state index is 0.0366. The summed E-state index contributed by atoms with van der Waals surface area (Å²) >= 11 is 1.58. The maximum atomic E-state index is 12.4. The number of nitrogens with one attached hydrogen (secondary N) is 1. The van der Waals surface area contributed by atoms with Crippen molar-refractivity contribution >= 4 is 29.0 Å². The first-order valence-corrected chi connectivity index (χ1v) is 9.39. The van der Waals surface area contributed by atoms with Gasteiger partial charge in [-0.2, -0.15) is 0 Å². The summed E-state index contributed by atoms with van der Waals surface area (Å²) in [6.07, 6.45) is 2.54. The Kier molecular flexibility index (Phi) is 5.46. The third-order valence-corrected chi connectivity index (χ3v) is 5.42. The first-order chi connectivity index (χ1) is 11.6. The molecule has 3 nitrogen and oxygen atoms in total. The van der Waals surface area contributed by atoms with Gasteiger partial charge >= 0.3 is 0 Å². The molecule has 0 unspecified atom stereocenters. The van der Waals surface area contributed by atoms with Gasteiger partial charge in [0.2, 0.25) is 5.91 Å². The predicted molar refractivity (Wildman–Crippen MR) is 103 cm³/mol. The van der Waals surface area contributed by atoms with Crippen LogP contribution in [0.1, 0.15) is 25.3 Å². The highest BCUT2D eigenvalue weighted by Crippen LogP contribution is 2.25. The molecule has 24 heavy (non-hydrogen) atoms. The summed E-state index contributed by atoms with van der Waals surface area (Å²) in [5.41, 5.74) is 3.33. The van der Waals surface area contributed by atoms with E-state index in [2.05, 4.69) is 53.5 Å². The summed E-state index contributed by atoms with van der Waals surface area (Å²) in [5.74, 6) is 0.0366. The molecule has 0 radical (unpaired) electrons. The number of thioether (sulfide) groups is 1. The van der Waals surface area contributed by atoms with E-state index in [0.29, 0.717) is 0 Å². The largest absolute Gasteiger partial charge is 0.372 e. The highest BCUT2D eigenvalue weighted by Gasteiger charge is 2.15. The number of hydrogen-bond donors (Lipinski definition) is 1. The quantitative estimate of drug-likeness (QED) is 0.800. The summed E-state index contributed by atoms with van der Waals surface area (Å²) in [6, 6.07) is 16.5. The monoisotopic (exact) mass is 340 g/mol. The highest BCUT2D eigenvalue weighted by atomic mass is 32.2. The summed E-state index contributed by atoms with van der Waals surface area (Å²) in [5, 5.41) is 2.88. The predicted octanol–water partition coefficient (Wildman–Crippen LogP) is 4.71. The van der Waals surface area contributed by atoms with Gasteiger partial charge < -0.3 is 10.2 Å². The number of rotatable bonds is 5. The van der Waals surface area contributed by atoms with Crippen LogP contribution < -0.4 is 10.2 Å². The van der Waals surface area contributed by atoms with Gasteiger partial charge in [0.1, 0.15) is 0 Å². The number of benzene rings is 2. The van der Waals surface area contributed by atoms with Gasteiger partial charge in [-0.05, 0) is 63.1 Å². The van der Waals surface area contributed by atoms with Crippen molar-refractivity contribution in [2.24, 2.45) is 0 Å². The Balaban J connectivity index is 1.56. The Morgan fingerprint density at radius 1 is 1.04 bits per heavy atom. The molecule has 126 valence electrons. The molecule has 0 bridgehead atoms. The van der Waals surface area contributed by atoms with Crippen molar-refractivity contribution in [3.8, 4) is 0 Å². The lowest BCUT2D eigenvalue weighted by molar-refractivity contribution is -0.115. The number of carbonyl (C=O) groups excluding carboxylic acids is 1. The number of aryl methyl sites for hydroxylation is 1. The van der Waals surface area contributed by atoms with E-state index in [-0.39, 0.29) is 11.2 Å². The number of hydrogen-bond acceptors (Lipinski definition) is 3. The normalized spacial score (nSPS) is 15.3. The maximum absolute atomic E-state index is 12.4. The molecular weight excluding hydrogens is 316 g/mol. The first-order valence-electron chi connectivity index (χ1n) is 8.51. The number of amides is 1. The second-order valence-corrected chi connectivity index (χ2v) is 7.72. The highest BCUT2D eigenvalue weighted by molar-refractivity contribution is 8.00. The van der Waals surface area contributed by atoms with Gasteiger partial charge in [0.25, 0.3) is 0 Å². The second kappa shape index (κ2) is 7.75. The van der Waals surface area contributed by atoms with Crippen LogP contribution in [0.15, 0.2) is 53.4 Å². The summed E-state index contributed by atoms with van der Waals surface area (Å²) in [7, 11) is 0. The Hall–Kier alpha value is -1.94. The third-order valence-electron chi connectivity index (χ3n) is 4.31. The van der Waals surface area contributed by atoms with Crippen LogP contribution in [0.25, 0.3) is 0 Å². The molecule has 0 aromatic heterocycles. The summed E-state index contributed by atoms with van der Waals surface area (Å²) < 4.78 is 0. The summed E-state index contributed by atoms with van der Waals surface area (Å²) in [6.45, 7) is 6.28. The molecular formula is C20H24N2OS. The molecule has 1 amide bonds. The van der Waals surface area contributed by atoms with Crippen LogP contribution >= 0.6 is 11.8 Å². The van der Waals surface area contributed by atoms with Crippen molar-refractivity contribution in [3.63, 3.8) is 0 Å². The smallest absolute Gasteiger partial charge is 0.237 e. The lowest BCUT2D eigenvalue weighted by Crippen LogP contribution is -2.22. The second-order valence-electron chi connectivity index (χ2n) is 6.30. The zero-order chi connectivity index (χ0) is 16.9. The van der Waals surface area contributed by atoms with E-state index < -0.39 is 0 Å². The fraction of sp³-hybridized carbons (Fsp3) is 0.350. The van der Waals surface area contributed by atoms with E-state index in [9.17, 15) is 4.79 Å². The van der Waals surface area contributed by atoms with Crippen molar-refractivity contribution < 1.29 is 4.79 Å². The van der Waals surface area contributed by atoms with E-state index in [1.165, 1.54) is 24.1 Å². The van der Waals surface area contributed by atoms with Crippen LogP contribution in [0.4, 0.5) is 11.4 Å². The molecule has 1 aliphatic heterocycles. The van der Waals surface area contributed by atoms with Gasteiger partial charge in [-0.15, -0.1) is 11.8 Å². The molecule has 1 atom stereocenters. The van der Waals surface area contributed by atoms with Crippen LogP contribution in [0.2, 0.25) is 0 Å². The van der Waals surface area contributed by atoms with Crippen LogP contribution in [0, 0.1) is 6.92 Å². The molecule has 4 heteroatoms. The standard InChI is InChI=1S/C20H24N2OS/c1-15-5-11-19(12-6-15)24-16(2)20(23)21-17-7-9-18(10-8-17)22-13-3-4-14-22/h5-12,16H,3-4,13-14H2,1-2H3,(H,21,23)/t16-/m1/s1. The van der Waals surface area contributed by atoms with Crippen LogP contribution in [-0.4, -0.2) is 24.2 Å². The Bertz CT molecular complexity index is 676. The van der Waals surface area contributed by atoms with Crippen molar-refractivity contribution in [2.75, 3.05) is 23.3 Å². The van der Waals surface area contributed by atoms with E-state index in [4.69, 9.17) is 0 Å². The molecule has 0 aliphatic carbocycles. The van der Waals surface area contributed by atoms with Crippen molar-refractivity contribution in [1.82, 2.24) is 0 Å². The van der Waals surface area contributed by atoms with Crippen LogP contribution in [0.3, 0.4) is 0 Å². The van der Waals surface area contributed by atoms with Gasteiger partial charge in [-0.1, -0.05) is 17.7 Å². The number of nitrogens with zero attached hydrogens (tertiary/aromatic N) is 1. The van der Waals surface area contributed by atoms with Crippen molar-refractivity contribution in [2.45, 2.75) is 36.8 Å². The SMILES string of the molecule is Cc1ccc(S[C@H](C)C(=O)Nc2ccc(N3CCCC3)cc2)cc1. The van der Waals surface area contributed by atoms with Crippen molar-refractivity contribution in [1.29, 1.82) is 0 Å². The fourth-order valence-corrected chi connectivity index (χ4v) is 3.72. The Labute approximate surface area is 148 Å². The molecule has 2 aromatic rings. The molecule has 0 spiro atoms. The van der Waals surface area contributed by atoms with Gasteiger partial charge in [0.05, 0.1) is 5.25 Å². The summed E-state index contributed by atoms with van der Waals surface area (Å²) in [4.78, 5) is 15.9.